The average molecular weight is 300 g/mol. The molecule has 2 nitrogen and oxygen atoms in total. The number of hydrogen-bond acceptors (Lipinski definition) is 2. The van der Waals surface area contributed by atoms with Gasteiger partial charge in [0.2, 0.25) is 0 Å². The molecule has 0 bridgehead atoms. The fourth-order valence-corrected chi connectivity index (χ4v) is 1.69. The van der Waals surface area contributed by atoms with Gasteiger partial charge >= 0.3 is 0 Å². The molecule has 0 radical (unpaired) electrons. The summed E-state index contributed by atoms with van der Waals surface area (Å²) in [6.45, 7) is 4.80. The predicted molar refractivity (Wildman–Crippen MR) is 63.9 cm³/mol. The van der Waals surface area contributed by atoms with Crippen molar-refractivity contribution in [2.24, 2.45) is 0 Å². The first-order valence-electron chi connectivity index (χ1n) is 5.23. The monoisotopic (exact) mass is 300 g/mol. The summed E-state index contributed by atoms with van der Waals surface area (Å²) in [7, 11) is 0. The van der Waals surface area contributed by atoms with Crippen LogP contribution >= 0.6 is 22.6 Å². The summed E-state index contributed by atoms with van der Waals surface area (Å²) in [4.78, 5) is 9.95. The van der Waals surface area contributed by atoms with Gasteiger partial charge in [0.25, 0.3) is 0 Å². The molecule has 3 heteroatoms. The van der Waals surface area contributed by atoms with Crippen LogP contribution in [0.15, 0.2) is 0 Å². The van der Waals surface area contributed by atoms with Crippen LogP contribution in [-0.2, 0) is 9.78 Å². The minimum Gasteiger partial charge on any atom is -0.236 e. The van der Waals surface area contributed by atoms with Gasteiger partial charge in [-0.05, 0) is 42.4 Å². The first-order chi connectivity index (χ1) is 6.31. The maximum atomic E-state index is 5.08. The van der Waals surface area contributed by atoms with Gasteiger partial charge in [-0.2, -0.15) is 0 Å². The molecule has 0 spiro atoms. The lowest BCUT2D eigenvalue weighted by Gasteiger charge is -2.08. The van der Waals surface area contributed by atoms with Gasteiger partial charge < -0.3 is 0 Å². The van der Waals surface area contributed by atoms with Crippen LogP contribution in [0.1, 0.15) is 52.4 Å². The van der Waals surface area contributed by atoms with Crippen molar-refractivity contribution in [3.05, 3.63) is 0 Å². The van der Waals surface area contributed by atoms with Crippen molar-refractivity contribution in [1.29, 1.82) is 0 Å². The molecule has 0 saturated heterocycles. The topological polar surface area (TPSA) is 18.5 Å². The minimum absolute atomic E-state index is 0.221. The van der Waals surface area contributed by atoms with E-state index in [0.29, 0.717) is 6.61 Å². The first-order valence-corrected chi connectivity index (χ1v) is 6.48. The van der Waals surface area contributed by atoms with E-state index in [1.807, 2.05) is 6.92 Å². The lowest BCUT2D eigenvalue weighted by molar-refractivity contribution is -0.297. The van der Waals surface area contributed by atoms with Crippen LogP contribution in [0.3, 0.4) is 0 Å². The number of hydrogen-bond donors (Lipinski definition) is 0. The maximum Gasteiger partial charge on any atom is 0.144 e. The molecular weight excluding hydrogens is 279 g/mol. The fraction of sp³-hybridized carbons (Fsp3) is 1.00. The zero-order valence-electron chi connectivity index (χ0n) is 8.72. The van der Waals surface area contributed by atoms with E-state index in [9.17, 15) is 0 Å². The van der Waals surface area contributed by atoms with Gasteiger partial charge in [-0.25, -0.2) is 9.78 Å². The molecule has 0 aliphatic rings. The van der Waals surface area contributed by atoms with E-state index >= 15 is 0 Å². The first kappa shape index (κ1) is 13.7. The third kappa shape index (κ3) is 10.6. The van der Waals surface area contributed by atoms with Crippen molar-refractivity contribution in [2.45, 2.75) is 56.5 Å². The lowest BCUT2D eigenvalue weighted by atomic mass is 10.1. The second kappa shape index (κ2) is 10.7. The van der Waals surface area contributed by atoms with Crippen molar-refractivity contribution in [2.75, 3.05) is 6.61 Å². The van der Waals surface area contributed by atoms with Crippen LogP contribution in [0.5, 0.6) is 0 Å². The van der Waals surface area contributed by atoms with Gasteiger partial charge in [-0.1, -0.05) is 32.6 Å². The third-order valence-corrected chi connectivity index (χ3v) is 2.66. The van der Waals surface area contributed by atoms with E-state index in [-0.39, 0.29) is 4.11 Å². The van der Waals surface area contributed by atoms with Gasteiger partial charge in [0.15, 0.2) is 0 Å². The molecule has 80 valence electrons. The van der Waals surface area contributed by atoms with E-state index < -0.39 is 0 Å². The third-order valence-electron chi connectivity index (χ3n) is 1.82. The van der Waals surface area contributed by atoms with E-state index in [4.69, 9.17) is 9.78 Å². The van der Waals surface area contributed by atoms with Crippen LogP contribution in [0.2, 0.25) is 0 Å². The SMILES string of the molecule is CCCCCCCC(I)OOCC. The van der Waals surface area contributed by atoms with Crippen LogP contribution in [0.4, 0.5) is 0 Å². The molecule has 13 heavy (non-hydrogen) atoms. The summed E-state index contributed by atoms with van der Waals surface area (Å²) in [5.41, 5.74) is 0. The van der Waals surface area contributed by atoms with Crippen molar-refractivity contribution in [3.63, 3.8) is 0 Å². The lowest BCUT2D eigenvalue weighted by Crippen LogP contribution is -2.04. The van der Waals surface area contributed by atoms with Crippen LogP contribution in [-0.4, -0.2) is 10.7 Å². The van der Waals surface area contributed by atoms with Gasteiger partial charge in [0.05, 0.1) is 6.61 Å². The van der Waals surface area contributed by atoms with Crippen molar-refractivity contribution < 1.29 is 9.78 Å². The minimum atomic E-state index is 0.221. The molecule has 1 unspecified atom stereocenters. The molecule has 0 rings (SSSR count). The van der Waals surface area contributed by atoms with Gasteiger partial charge in [0, 0.05) is 0 Å². The van der Waals surface area contributed by atoms with Crippen LogP contribution in [0.25, 0.3) is 0 Å². The Bertz CT molecular complexity index is 98.9. The quantitative estimate of drug-likeness (QED) is 0.210. The fourth-order valence-electron chi connectivity index (χ4n) is 1.10. The smallest absolute Gasteiger partial charge is 0.144 e. The Morgan fingerprint density at radius 2 is 1.77 bits per heavy atom. The van der Waals surface area contributed by atoms with Crippen LogP contribution in [0, 0.1) is 0 Å². The van der Waals surface area contributed by atoms with Gasteiger partial charge in [0.1, 0.15) is 4.11 Å². The standard InChI is InChI=1S/C10H21IO2/c1-3-5-6-7-8-9-10(11)13-12-4-2/h10H,3-9H2,1-2H3. The highest BCUT2D eigenvalue weighted by molar-refractivity contribution is 14.1. The number of alkyl halides is 1. The van der Waals surface area contributed by atoms with Gasteiger partial charge in [-0.15, -0.1) is 0 Å². The molecule has 0 saturated carbocycles. The average Bonchev–Trinajstić information content (AvgIpc) is 2.14. The predicted octanol–water partition coefficient (Wildman–Crippen LogP) is 4.08. The molecule has 1 atom stereocenters. The zero-order valence-corrected chi connectivity index (χ0v) is 10.9. The highest BCUT2D eigenvalue weighted by Gasteiger charge is 2.03. The van der Waals surface area contributed by atoms with E-state index in [2.05, 4.69) is 29.5 Å². The normalized spacial score (nSPS) is 13.2. The Morgan fingerprint density at radius 3 is 2.38 bits per heavy atom. The van der Waals surface area contributed by atoms with E-state index in [0.717, 1.165) is 6.42 Å². The van der Waals surface area contributed by atoms with E-state index in [1.165, 1.54) is 32.1 Å². The second-order valence-electron chi connectivity index (χ2n) is 3.12. The summed E-state index contributed by atoms with van der Waals surface area (Å²) >= 11 is 2.28. The Balaban J connectivity index is 3.03. The van der Waals surface area contributed by atoms with Crippen molar-refractivity contribution in [1.82, 2.24) is 0 Å². The highest BCUT2D eigenvalue weighted by Crippen LogP contribution is 2.14. The van der Waals surface area contributed by atoms with Crippen molar-refractivity contribution in [3.8, 4) is 0 Å². The Morgan fingerprint density at radius 1 is 1.08 bits per heavy atom. The van der Waals surface area contributed by atoms with Crippen molar-refractivity contribution >= 4 is 22.6 Å². The Kier molecular flexibility index (Phi) is 11.3. The molecular formula is C10H21IO2. The largest absolute Gasteiger partial charge is 0.236 e. The number of rotatable bonds is 9. The maximum absolute atomic E-state index is 5.08. The summed E-state index contributed by atoms with van der Waals surface area (Å²) in [6, 6.07) is 0. The summed E-state index contributed by atoms with van der Waals surface area (Å²) in [5, 5.41) is 0. The molecule has 0 amide bonds. The second-order valence-corrected chi connectivity index (χ2v) is 4.51. The summed E-state index contributed by atoms with van der Waals surface area (Å²) < 4.78 is 0.221. The molecule has 0 N–H and O–H groups in total. The highest BCUT2D eigenvalue weighted by atomic mass is 127. The Labute approximate surface area is 95.4 Å². The summed E-state index contributed by atoms with van der Waals surface area (Å²) in [5.74, 6) is 0. The number of halogens is 1. The molecule has 0 aliphatic heterocycles. The van der Waals surface area contributed by atoms with Crippen LogP contribution < -0.4 is 0 Å². The Hall–Kier alpha value is 0.650. The zero-order chi connectivity index (χ0) is 9.94. The van der Waals surface area contributed by atoms with E-state index in [1.54, 1.807) is 0 Å². The molecule has 0 heterocycles. The molecule has 0 aromatic carbocycles. The molecule has 0 aromatic heterocycles. The molecule has 0 fully saturated rings. The van der Waals surface area contributed by atoms with Gasteiger partial charge in [-0.3, -0.25) is 0 Å². The molecule has 0 aliphatic carbocycles. The summed E-state index contributed by atoms with van der Waals surface area (Å²) in [6.07, 6.45) is 7.70. The molecule has 0 aromatic rings. The number of unbranched alkanes of at least 4 members (excludes halogenated alkanes) is 4.